The Labute approximate surface area is 133 Å². The van der Waals surface area contributed by atoms with Gasteiger partial charge in [0.1, 0.15) is 0 Å². The van der Waals surface area contributed by atoms with E-state index in [1.165, 1.54) is 11.3 Å². The SMILES string of the molecule is CS(=O)(=O)NCCc1ccc(-c2nc(C3(N)CCC3)no2)s1. The van der Waals surface area contributed by atoms with Gasteiger partial charge in [0.15, 0.2) is 5.82 Å². The van der Waals surface area contributed by atoms with Gasteiger partial charge in [-0.2, -0.15) is 4.98 Å². The lowest BCUT2D eigenvalue weighted by Gasteiger charge is -2.34. The van der Waals surface area contributed by atoms with E-state index >= 15 is 0 Å². The molecular formula is C13H18N4O3S2. The summed E-state index contributed by atoms with van der Waals surface area (Å²) in [6.07, 6.45) is 4.64. The third-order valence-corrected chi connectivity index (χ3v) is 5.59. The first-order chi connectivity index (χ1) is 10.4. The highest BCUT2D eigenvalue weighted by Crippen LogP contribution is 2.38. The smallest absolute Gasteiger partial charge is 0.268 e. The molecule has 1 fully saturated rings. The van der Waals surface area contributed by atoms with Gasteiger partial charge >= 0.3 is 0 Å². The molecule has 0 radical (unpaired) electrons. The molecule has 120 valence electrons. The monoisotopic (exact) mass is 342 g/mol. The van der Waals surface area contributed by atoms with E-state index in [0.717, 1.165) is 35.3 Å². The normalized spacial score (nSPS) is 17.4. The van der Waals surface area contributed by atoms with Crippen molar-refractivity contribution in [3.8, 4) is 10.8 Å². The molecule has 1 saturated carbocycles. The summed E-state index contributed by atoms with van der Waals surface area (Å²) in [6, 6.07) is 3.84. The van der Waals surface area contributed by atoms with E-state index in [4.69, 9.17) is 10.3 Å². The molecule has 0 saturated heterocycles. The fourth-order valence-electron chi connectivity index (χ4n) is 2.29. The highest BCUT2D eigenvalue weighted by atomic mass is 32.2. The Morgan fingerprint density at radius 3 is 2.86 bits per heavy atom. The molecule has 1 aliphatic carbocycles. The quantitative estimate of drug-likeness (QED) is 0.817. The second-order valence-corrected chi connectivity index (χ2v) is 8.62. The second kappa shape index (κ2) is 5.73. The number of aromatic nitrogens is 2. The van der Waals surface area contributed by atoms with Gasteiger partial charge < -0.3 is 10.3 Å². The molecule has 1 aliphatic rings. The van der Waals surface area contributed by atoms with E-state index in [9.17, 15) is 8.42 Å². The van der Waals surface area contributed by atoms with Crippen molar-refractivity contribution in [3.05, 3.63) is 22.8 Å². The third-order valence-electron chi connectivity index (χ3n) is 3.73. The summed E-state index contributed by atoms with van der Waals surface area (Å²) in [6.45, 7) is 0.375. The van der Waals surface area contributed by atoms with E-state index in [1.807, 2.05) is 12.1 Å². The second-order valence-electron chi connectivity index (χ2n) is 5.62. The maximum Gasteiger partial charge on any atom is 0.268 e. The zero-order valence-electron chi connectivity index (χ0n) is 12.2. The summed E-state index contributed by atoms with van der Waals surface area (Å²) in [4.78, 5) is 6.33. The highest BCUT2D eigenvalue weighted by Gasteiger charge is 2.39. The summed E-state index contributed by atoms with van der Waals surface area (Å²) < 4.78 is 29.8. The van der Waals surface area contributed by atoms with Crippen LogP contribution in [-0.2, 0) is 22.0 Å². The Morgan fingerprint density at radius 1 is 1.45 bits per heavy atom. The zero-order chi connectivity index (χ0) is 15.8. The number of sulfonamides is 1. The van der Waals surface area contributed by atoms with Crippen LogP contribution in [0.5, 0.6) is 0 Å². The van der Waals surface area contributed by atoms with Crippen molar-refractivity contribution in [3.63, 3.8) is 0 Å². The maximum absolute atomic E-state index is 11.0. The van der Waals surface area contributed by atoms with Crippen LogP contribution in [0.1, 0.15) is 30.0 Å². The zero-order valence-corrected chi connectivity index (χ0v) is 13.8. The molecule has 2 aromatic rings. The maximum atomic E-state index is 11.0. The molecule has 0 unspecified atom stereocenters. The number of hydrogen-bond donors (Lipinski definition) is 2. The van der Waals surface area contributed by atoms with Crippen LogP contribution < -0.4 is 10.5 Å². The minimum absolute atomic E-state index is 0.375. The Kier molecular flexibility index (Phi) is 4.06. The van der Waals surface area contributed by atoms with Crippen molar-refractivity contribution in [2.75, 3.05) is 12.8 Å². The number of rotatable bonds is 6. The average molecular weight is 342 g/mol. The van der Waals surface area contributed by atoms with E-state index < -0.39 is 15.6 Å². The number of nitrogens with one attached hydrogen (secondary N) is 1. The lowest BCUT2D eigenvalue weighted by molar-refractivity contribution is 0.229. The summed E-state index contributed by atoms with van der Waals surface area (Å²) in [5, 5.41) is 3.99. The molecule has 0 aliphatic heterocycles. The van der Waals surface area contributed by atoms with Crippen molar-refractivity contribution >= 4 is 21.4 Å². The van der Waals surface area contributed by atoms with Gasteiger partial charge in [0.2, 0.25) is 10.0 Å². The largest absolute Gasteiger partial charge is 0.333 e. The predicted octanol–water partition coefficient (Wildman–Crippen LogP) is 1.23. The molecule has 0 bridgehead atoms. The molecule has 2 heterocycles. The molecule has 22 heavy (non-hydrogen) atoms. The number of thiophene rings is 1. The molecule has 0 atom stereocenters. The van der Waals surface area contributed by atoms with Gasteiger partial charge in [0.25, 0.3) is 5.89 Å². The number of hydrogen-bond acceptors (Lipinski definition) is 7. The number of nitrogens with two attached hydrogens (primary N) is 1. The van der Waals surface area contributed by atoms with Gasteiger partial charge in [0.05, 0.1) is 16.7 Å². The lowest BCUT2D eigenvalue weighted by atomic mass is 9.77. The van der Waals surface area contributed by atoms with Crippen LogP contribution in [0.2, 0.25) is 0 Å². The predicted molar refractivity (Wildman–Crippen MR) is 83.9 cm³/mol. The van der Waals surface area contributed by atoms with Crippen LogP contribution >= 0.6 is 11.3 Å². The molecule has 0 aromatic carbocycles. The number of nitrogens with zero attached hydrogens (tertiary/aromatic N) is 2. The topological polar surface area (TPSA) is 111 Å². The summed E-state index contributed by atoms with van der Waals surface area (Å²) in [5.74, 6) is 1.04. The standard InChI is InChI=1S/C13H18N4O3S2/c1-22(18,19)15-8-5-9-3-4-10(21-9)11-16-12(17-20-11)13(14)6-2-7-13/h3-4,15H,2,5-8,14H2,1H3. The van der Waals surface area contributed by atoms with E-state index in [0.29, 0.717) is 24.7 Å². The molecule has 2 aromatic heterocycles. The first-order valence-electron chi connectivity index (χ1n) is 7.03. The van der Waals surface area contributed by atoms with Gasteiger partial charge in [-0.25, -0.2) is 13.1 Å². The molecule has 9 heteroatoms. The Morgan fingerprint density at radius 2 is 2.23 bits per heavy atom. The summed E-state index contributed by atoms with van der Waals surface area (Å²) in [5.41, 5.74) is 5.75. The summed E-state index contributed by atoms with van der Waals surface area (Å²) >= 11 is 1.51. The third kappa shape index (κ3) is 3.37. The Balaban J connectivity index is 1.66. The fraction of sp³-hybridized carbons (Fsp3) is 0.538. The van der Waals surface area contributed by atoms with E-state index in [2.05, 4.69) is 14.9 Å². The molecular weight excluding hydrogens is 324 g/mol. The van der Waals surface area contributed by atoms with Crippen LogP contribution in [0.15, 0.2) is 16.7 Å². The first-order valence-corrected chi connectivity index (χ1v) is 9.73. The first kappa shape index (κ1) is 15.6. The Bertz CT molecular complexity index is 762. The van der Waals surface area contributed by atoms with Crippen molar-refractivity contribution in [2.45, 2.75) is 31.2 Å². The van der Waals surface area contributed by atoms with E-state index in [1.54, 1.807) is 0 Å². The van der Waals surface area contributed by atoms with Gasteiger partial charge in [-0.15, -0.1) is 11.3 Å². The molecule has 3 N–H and O–H groups in total. The van der Waals surface area contributed by atoms with Crippen molar-refractivity contribution in [1.29, 1.82) is 0 Å². The van der Waals surface area contributed by atoms with Crippen LogP contribution in [0.25, 0.3) is 10.8 Å². The average Bonchev–Trinajstić information content (AvgIpc) is 3.02. The van der Waals surface area contributed by atoms with Crippen LogP contribution in [0.4, 0.5) is 0 Å². The van der Waals surface area contributed by atoms with Crippen LogP contribution in [-0.4, -0.2) is 31.4 Å². The fourth-order valence-corrected chi connectivity index (χ4v) is 3.70. The van der Waals surface area contributed by atoms with Crippen molar-refractivity contribution < 1.29 is 12.9 Å². The molecule has 0 spiro atoms. The molecule has 0 amide bonds. The van der Waals surface area contributed by atoms with Gasteiger partial charge in [0, 0.05) is 11.4 Å². The molecule has 7 nitrogen and oxygen atoms in total. The lowest BCUT2D eigenvalue weighted by Crippen LogP contribution is -2.44. The minimum Gasteiger partial charge on any atom is -0.333 e. The Hall–Kier alpha value is -1.29. The molecule has 3 rings (SSSR count). The van der Waals surface area contributed by atoms with Gasteiger partial charge in [-0.1, -0.05) is 5.16 Å². The van der Waals surface area contributed by atoms with Gasteiger partial charge in [-0.3, -0.25) is 0 Å². The minimum atomic E-state index is -3.15. The highest BCUT2D eigenvalue weighted by molar-refractivity contribution is 7.88. The van der Waals surface area contributed by atoms with Crippen molar-refractivity contribution in [1.82, 2.24) is 14.9 Å². The summed E-state index contributed by atoms with van der Waals surface area (Å²) in [7, 11) is -3.15. The van der Waals surface area contributed by atoms with E-state index in [-0.39, 0.29) is 0 Å². The van der Waals surface area contributed by atoms with Gasteiger partial charge in [-0.05, 0) is 37.8 Å². The van der Waals surface area contributed by atoms with Crippen LogP contribution in [0.3, 0.4) is 0 Å². The van der Waals surface area contributed by atoms with Crippen LogP contribution in [0, 0.1) is 0 Å². The van der Waals surface area contributed by atoms with Crippen molar-refractivity contribution in [2.24, 2.45) is 5.73 Å².